The summed E-state index contributed by atoms with van der Waals surface area (Å²) in [6, 6.07) is 15.3. The summed E-state index contributed by atoms with van der Waals surface area (Å²) in [5.74, 6) is 0. The lowest BCUT2D eigenvalue weighted by Crippen LogP contribution is -2.39. The molecule has 0 aromatic carbocycles. The van der Waals surface area contributed by atoms with E-state index >= 15 is 0 Å². The van der Waals surface area contributed by atoms with Crippen molar-refractivity contribution in [3.63, 3.8) is 0 Å². The van der Waals surface area contributed by atoms with Gasteiger partial charge < -0.3 is 28.9 Å². The average molecular weight is 1050 g/mol. The van der Waals surface area contributed by atoms with Gasteiger partial charge in [-0.05, 0) is 157 Å². The van der Waals surface area contributed by atoms with E-state index < -0.39 is 16.8 Å². The molecule has 0 saturated carbocycles. The summed E-state index contributed by atoms with van der Waals surface area (Å²) in [4.78, 5) is 53.3. The highest BCUT2D eigenvalue weighted by Crippen LogP contribution is 2.29. The van der Waals surface area contributed by atoms with Crippen LogP contribution in [0.4, 0.5) is 14.4 Å². The Hall–Kier alpha value is -5.51. The topological polar surface area (TPSA) is 151 Å². The third kappa shape index (κ3) is 18.7. The maximum absolute atomic E-state index is 12.0. The van der Waals surface area contributed by atoms with Gasteiger partial charge in [-0.15, -0.1) is 0 Å². The summed E-state index contributed by atoms with van der Waals surface area (Å²) in [5, 5.41) is 10.7. The van der Waals surface area contributed by atoms with Crippen molar-refractivity contribution in [3.8, 4) is 0 Å². The Balaban J connectivity index is 0.000000208. The molecule has 0 fully saturated rings. The highest BCUT2D eigenvalue weighted by molar-refractivity contribution is 9.10. The van der Waals surface area contributed by atoms with Crippen molar-refractivity contribution in [2.45, 2.75) is 112 Å². The standard InChI is InChI=1S/C16H23N2O3.C16H22N2O2.C15H19ClN2O2.C5H3BrClN/c1-12-14(6-5-9-18(12)20)13-7-10-17(11-8-13)15(19)21-16(2,3)4;1-12-14(6-5-9-17-12)13-7-10-18(11-8-13)15(19)20-16(2,3)4;1-15(2,3)20-14(19)18-9-6-11(7-10-18)12-5-4-8-17-13(12)16;6-4-2-1-3-8-5(4)7/h5-7,9,20H,8,10-11H2,1-4H3;5-7,9H,8,10-11H2,1-4H3;4-6,8H,7,9-10H2,1-3H3;1-3H/q+1;;;. The number of hydrogen-bond acceptors (Lipinski definition) is 10. The Bertz CT molecular complexity index is 2380. The fourth-order valence-electron chi connectivity index (χ4n) is 6.95. The van der Waals surface area contributed by atoms with E-state index in [1.807, 2.05) is 131 Å². The molecule has 17 heteroatoms. The Morgan fingerprint density at radius 3 is 1.32 bits per heavy atom. The van der Waals surface area contributed by atoms with E-state index in [0.29, 0.717) is 49.6 Å². The number of halogens is 3. The van der Waals surface area contributed by atoms with Crippen LogP contribution >= 0.6 is 39.1 Å². The van der Waals surface area contributed by atoms with E-state index in [2.05, 4.69) is 43.0 Å². The number of aromatic nitrogens is 4. The van der Waals surface area contributed by atoms with E-state index in [-0.39, 0.29) is 18.3 Å². The van der Waals surface area contributed by atoms with Gasteiger partial charge in [-0.2, -0.15) is 0 Å². The van der Waals surface area contributed by atoms with Crippen molar-refractivity contribution in [2.75, 3.05) is 39.3 Å². The molecular weight excluding hydrogens is 985 g/mol. The van der Waals surface area contributed by atoms with Crippen LogP contribution in [0, 0.1) is 13.8 Å². The molecule has 0 saturated heterocycles. The number of carbonyl (C=O) groups excluding carboxylic acids is 3. The molecule has 3 aliphatic heterocycles. The summed E-state index contributed by atoms with van der Waals surface area (Å²) >= 11 is 14.8. The minimum Gasteiger partial charge on any atom is -0.444 e. The van der Waals surface area contributed by atoms with Crippen LogP contribution in [0.25, 0.3) is 16.7 Å². The molecule has 4 aromatic heterocycles. The van der Waals surface area contributed by atoms with Crippen LogP contribution in [-0.2, 0) is 14.2 Å². The normalized spacial score (nSPS) is 15.0. The molecule has 0 bridgehead atoms. The van der Waals surface area contributed by atoms with E-state index in [0.717, 1.165) is 62.1 Å². The van der Waals surface area contributed by atoms with Crippen LogP contribution < -0.4 is 4.73 Å². The van der Waals surface area contributed by atoms with Crippen molar-refractivity contribution in [2.24, 2.45) is 0 Å². The molecule has 0 unspecified atom stereocenters. The largest absolute Gasteiger partial charge is 0.444 e. The molecule has 0 aliphatic carbocycles. The Morgan fingerprint density at radius 1 is 0.580 bits per heavy atom. The van der Waals surface area contributed by atoms with Crippen LogP contribution in [0.2, 0.25) is 10.3 Å². The maximum Gasteiger partial charge on any atom is 0.410 e. The van der Waals surface area contributed by atoms with Crippen molar-refractivity contribution in [3.05, 3.63) is 134 Å². The van der Waals surface area contributed by atoms with Gasteiger partial charge in [-0.25, -0.2) is 24.4 Å². The zero-order chi connectivity index (χ0) is 51.1. The van der Waals surface area contributed by atoms with Gasteiger partial charge in [0.1, 0.15) is 27.1 Å². The van der Waals surface area contributed by atoms with Gasteiger partial charge in [0.15, 0.2) is 0 Å². The molecule has 4 aromatic rings. The summed E-state index contributed by atoms with van der Waals surface area (Å²) in [6.45, 7) is 24.3. The van der Waals surface area contributed by atoms with E-state index in [1.165, 1.54) is 11.1 Å². The van der Waals surface area contributed by atoms with Crippen LogP contribution in [0.15, 0.2) is 96.0 Å². The molecule has 0 spiro atoms. The second-order valence-electron chi connectivity index (χ2n) is 19.3. The van der Waals surface area contributed by atoms with Gasteiger partial charge in [-0.1, -0.05) is 53.6 Å². The van der Waals surface area contributed by atoms with Gasteiger partial charge in [0.2, 0.25) is 11.9 Å². The number of nitrogens with zero attached hydrogens (tertiary/aromatic N) is 7. The third-order valence-corrected chi connectivity index (χ3v) is 11.8. The first kappa shape index (κ1) is 56.1. The van der Waals surface area contributed by atoms with Crippen LogP contribution in [0.1, 0.15) is 110 Å². The Morgan fingerprint density at radius 2 is 0.957 bits per heavy atom. The molecule has 14 nitrogen and oxygen atoms in total. The van der Waals surface area contributed by atoms with Crippen molar-refractivity contribution in [1.82, 2.24) is 29.7 Å². The predicted molar refractivity (Wildman–Crippen MR) is 275 cm³/mol. The van der Waals surface area contributed by atoms with Gasteiger partial charge in [0, 0.05) is 92.4 Å². The van der Waals surface area contributed by atoms with E-state index in [4.69, 9.17) is 37.4 Å². The monoisotopic (exact) mass is 1050 g/mol. The first-order chi connectivity index (χ1) is 32.3. The predicted octanol–water partition coefficient (Wildman–Crippen LogP) is 12.2. The van der Waals surface area contributed by atoms with Gasteiger partial charge in [0.05, 0.1) is 4.47 Å². The molecule has 7 heterocycles. The second-order valence-corrected chi connectivity index (χ2v) is 20.9. The van der Waals surface area contributed by atoms with Gasteiger partial charge in [-0.3, -0.25) is 10.2 Å². The highest BCUT2D eigenvalue weighted by Gasteiger charge is 2.27. The van der Waals surface area contributed by atoms with E-state index in [9.17, 15) is 19.6 Å². The van der Waals surface area contributed by atoms with Crippen LogP contribution in [-0.4, -0.2) is 109 Å². The molecule has 69 heavy (non-hydrogen) atoms. The quantitative estimate of drug-likeness (QED) is 0.0908. The number of rotatable bonds is 3. The van der Waals surface area contributed by atoms with Crippen LogP contribution in [0.5, 0.6) is 0 Å². The van der Waals surface area contributed by atoms with Crippen molar-refractivity contribution in [1.29, 1.82) is 0 Å². The fraction of sp³-hybridized carbons (Fsp3) is 0.442. The number of carbonyl (C=O) groups is 3. The molecule has 7 rings (SSSR count). The number of amides is 3. The minimum atomic E-state index is -0.473. The Kier molecular flexibility index (Phi) is 20.6. The fourth-order valence-corrected chi connectivity index (χ4v) is 7.56. The number of hydrogen-bond donors (Lipinski definition) is 1. The highest BCUT2D eigenvalue weighted by atomic mass is 79.9. The molecule has 3 amide bonds. The molecule has 0 atom stereocenters. The number of aryl methyl sites for hydroxylation is 1. The summed E-state index contributed by atoms with van der Waals surface area (Å²) in [5.41, 5.74) is 7.13. The second kappa shape index (κ2) is 25.4. The summed E-state index contributed by atoms with van der Waals surface area (Å²) in [6.07, 6.45) is 14.4. The average Bonchev–Trinajstić information content (AvgIpc) is 3.28. The molecule has 3 aliphatic rings. The first-order valence-electron chi connectivity index (χ1n) is 22.8. The minimum absolute atomic E-state index is 0.240. The number of pyridine rings is 4. The zero-order valence-electron chi connectivity index (χ0n) is 41.7. The van der Waals surface area contributed by atoms with E-state index in [1.54, 1.807) is 39.5 Å². The lowest BCUT2D eigenvalue weighted by Gasteiger charge is -2.29. The van der Waals surface area contributed by atoms with Crippen LogP contribution in [0.3, 0.4) is 0 Å². The van der Waals surface area contributed by atoms with Gasteiger partial charge >= 0.3 is 18.3 Å². The summed E-state index contributed by atoms with van der Waals surface area (Å²) < 4.78 is 18.1. The summed E-state index contributed by atoms with van der Waals surface area (Å²) in [7, 11) is 0. The maximum atomic E-state index is 12.0. The smallest absolute Gasteiger partial charge is 0.410 e. The van der Waals surface area contributed by atoms with Crippen molar-refractivity contribution < 1.29 is 38.5 Å². The number of ether oxygens (including phenoxy) is 3. The molecule has 0 radical (unpaired) electrons. The lowest BCUT2D eigenvalue weighted by atomic mass is 9.98. The zero-order valence-corrected chi connectivity index (χ0v) is 44.8. The first-order valence-corrected chi connectivity index (χ1v) is 24.4. The SMILES string of the molecule is CC(C)(C)OC(=O)N1CC=C(c2cccnc2Cl)CC1.Cc1c(C2=CCN(C(=O)OC(C)(C)C)CC2)ccc[n+]1O.Cc1ncccc1C1=CCN(C(=O)OC(C)(C)C)CC1.Clc1ncccc1Br. The molecule has 1 N–H and O–H groups in total. The van der Waals surface area contributed by atoms with Crippen molar-refractivity contribution >= 4 is 74.1 Å². The molecular formula is C52H67BrCl2N7O7+. The lowest BCUT2D eigenvalue weighted by molar-refractivity contribution is -0.908. The third-order valence-electron chi connectivity index (χ3n) is 10.3. The molecule has 372 valence electrons. The Labute approximate surface area is 426 Å². The van der Waals surface area contributed by atoms with Gasteiger partial charge in [0.25, 0.3) is 0 Å².